The molecule has 0 saturated heterocycles. The molecule has 3 nitrogen and oxygen atoms in total. The molecule has 0 spiro atoms. The summed E-state index contributed by atoms with van der Waals surface area (Å²) in [6, 6.07) is 3.91. The summed E-state index contributed by atoms with van der Waals surface area (Å²) in [5, 5.41) is 5.40. The summed E-state index contributed by atoms with van der Waals surface area (Å²) < 4.78 is 5.08. The maximum absolute atomic E-state index is 8.35. The summed E-state index contributed by atoms with van der Waals surface area (Å²) >= 11 is 0. The molecule has 0 aliphatic heterocycles. The Hall–Kier alpha value is -1.34. The Labute approximate surface area is 59.2 Å². The summed E-state index contributed by atoms with van der Waals surface area (Å²) in [4.78, 5) is 8.35. The molecule has 0 aromatic carbocycles. The van der Waals surface area contributed by atoms with Gasteiger partial charge in [-0.05, 0) is 26.0 Å². The van der Waals surface area contributed by atoms with Crippen molar-refractivity contribution in [2.75, 3.05) is 0 Å². The third kappa shape index (κ3) is 3.64. The van der Waals surface area contributed by atoms with Crippen molar-refractivity contribution in [2.24, 2.45) is 0 Å². The second kappa shape index (κ2) is 4.53. The molecular weight excluding hydrogens is 130 g/mol. The Bertz CT molecular complexity index is 205. The fraction of sp³-hybridized carbons (Fsp3) is 0.286. The van der Waals surface area contributed by atoms with Crippen LogP contribution < -0.4 is 0 Å². The number of hydrogen-bond acceptors (Lipinski definition) is 3. The number of furan rings is 1. The highest BCUT2D eigenvalue weighted by molar-refractivity contribution is 5.26. The molecule has 0 bridgehead atoms. The van der Waals surface area contributed by atoms with Crippen LogP contribution in [0, 0.1) is 19.3 Å². The topological polar surface area (TPSA) is 54.1 Å². The van der Waals surface area contributed by atoms with E-state index in [0.717, 1.165) is 17.6 Å². The van der Waals surface area contributed by atoms with E-state index in [-0.39, 0.29) is 0 Å². The van der Waals surface area contributed by atoms with E-state index in [1.807, 2.05) is 26.0 Å². The average Bonchev–Trinajstić information content (AvgIpc) is 2.17. The minimum absolute atomic E-state index is 0.750. The lowest BCUT2D eigenvalue weighted by Gasteiger charge is -1.76. The first-order chi connectivity index (χ1) is 4.70. The van der Waals surface area contributed by atoms with Crippen molar-refractivity contribution < 1.29 is 9.21 Å². The number of rotatable bonds is 0. The standard InChI is InChI=1S/C6H8O.CHNO/c1-5-3-4-6(2)7-5;2-1-3/h3-4H,1-2H3;2H. The van der Waals surface area contributed by atoms with E-state index in [1.165, 1.54) is 0 Å². The van der Waals surface area contributed by atoms with Gasteiger partial charge in [-0.3, -0.25) is 0 Å². The number of nitrogens with one attached hydrogen (secondary N) is 1. The van der Waals surface area contributed by atoms with Crippen molar-refractivity contribution in [2.45, 2.75) is 13.8 Å². The van der Waals surface area contributed by atoms with Gasteiger partial charge in [0.05, 0.1) is 0 Å². The summed E-state index contributed by atoms with van der Waals surface area (Å²) in [5.74, 6) is 1.97. The van der Waals surface area contributed by atoms with E-state index < -0.39 is 0 Å². The second-order valence-corrected chi connectivity index (χ2v) is 1.76. The van der Waals surface area contributed by atoms with E-state index in [9.17, 15) is 0 Å². The Balaban J connectivity index is 0.000000236. The summed E-state index contributed by atoms with van der Waals surface area (Å²) in [7, 11) is 0. The third-order valence-corrected chi connectivity index (χ3v) is 0.875. The second-order valence-electron chi connectivity index (χ2n) is 1.76. The molecule has 0 fully saturated rings. The van der Waals surface area contributed by atoms with Crippen molar-refractivity contribution in [3.05, 3.63) is 23.7 Å². The van der Waals surface area contributed by atoms with Crippen LogP contribution in [0.15, 0.2) is 16.5 Å². The number of carbonyl (C=O) groups excluding carboxylic acids is 1. The van der Waals surface area contributed by atoms with E-state index >= 15 is 0 Å². The van der Waals surface area contributed by atoms with Crippen molar-refractivity contribution in [1.82, 2.24) is 0 Å². The predicted octanol–water partition coefficient (Wildman–Crippen LogP) is 1.80. The van der Waals surface area contributed by atoms with Crippen LogP contribution in [-0.4, -0.2) is 6.08 Å². The quantitative estimate of drug-likeness (QED) is 0.440. The average molecular weight is 139 g/mol. The molecule has 0 amide bonds. The molecule has 1 rings (SSSR count). The lowest BCUT2D eigenvalue weighted by atomic mass is 10.5. The van der Waals surface area contributed by atoms with E-state index in [0.29, 0.717) is 0 Å². The van der Waals surface area contributed by atoms with Crippen LogP contribution in [0.2, 0.25) is 0 Å². The zero-order chi connectivity index (χ0) is 7.98. The molecule has 0 aliphatic rings. The zero-order valence-corrected chi connectivity index (χ0v) is 5.97. The molecule has 1 aromatic heterocycles. The minimum atomic E-state index is 0.750. The zero-order valence-electron chi connectivity index (χ0n) is 5.97. The van der Waals surface area contributed by atoms with Gasteiger partial charge in [-0.1, -0.05) is 0 Å². The summed E-state index contributed by atoms with van der Waals surface area (Å²) in [6.07, 6.45) is 0.750. The molecule has 0 unspecified atom stereocenters. The van der Waals surface area contributed by atoms with Gasteiger partial charge < -0.3 is 4.42 Å². The smallest absolute Gasteiger partial charge is 0.231 e. The van der Waals surface area contributed by atoms with Crippen molar-refractivity contribution in [3.63, 3.8) is 0 Å². The van der Waals surface area contributed by atoms with Crippen molar-refractivity contribution in [1.29, 1.82) is 5.41 Å². The SMILES string of the molecule is Cc1ccc(C)o1.N=C=O. The number of aryl methyl sites for hydroxylation is 2. The molecule has 0 radical (unpaired) electrons. The lowest BCUT2D eigenvalue weighted by Crippen LogP contribution is -1.53. The first-order valence-electron chi connectivity index (χ1n) is 2.77. The lowest BCUT2D eigenvalue weighted by molar-refractivity contribution is 0.504. The van der Waals surface area contributed by atoms with Crippen molar-refractivity contribution in [3.8, 4) is 0 Å². The molecule has 0 aliphatic carbocycles. The van der Waals surface area contributed by atoms with Crippen LogP contribution in [0.25, 0.3) is 0 Å². The largest absolute Gasteiger partial charge is 0.467 e. The predicted molar refractivity (Wildman–Crippen MR) is 36.6 cm³/mol. The van der Waals surface area contributed by atoms with Crippen molar-refractivity contribution >= 4 is 6.08 Å². The van der Waals surface area contributed by atoms with Gasteiger partial charge in [0, 0.05) is 0 Å². The van der Waals surface area contributed by atoms with E-state index in [2.05, 4.69) is 0 Å². The monoisotopic (exact) mass is 139 g/mol. The molecule has 1 heterocycles. The van der Waals surface area contributed by atoms with Gasteiger partial charge in [0.1, 0.15) is 11.5 Å². The highest BCUT2D eigenvalue weighted by Crippen LogP contribution is 2.02. The van der Waals surface area contributed by atoms with Gasteiger partial charge in [-0.25, -0.2) is 10.2 Å². The van der Waals surface area contributed by atoms with Crippen LogP contribution in [0.5, 0.6) is 0 Å². The molecule has 1 aromatic rings. The van der Waals surface area contributed by atoms with Crippen LogP contribution in [-0.2, 0) is 4.79 Å². The van der Waals surface area contributed by atoms with Gasteiger partial charge in [0.15, 0.2) is 0 Å². The molecule has 1 N–H and O–H groups in total. The molecule has 54 valence electrons. The van der Waals surface area contributed by atoms with Gasteiger partial charge >= 0.3 is 0 Å². The molecule has 10 heavy (non-hydrogen) atoms. The third-order valence-electron chi connectivity index (χ3n) is 0.875. The first kappa shape index (κ1) is 8.66. The van der Waals surface area contributed by atoms with Crippen LogP contribution in [0.1, 0.15) is 11.5 Å². The minimum Gasteiger partial charge on any atom is -0.467 e. The Morgan fingerprint density at radius 2 is 1.70 bits per heavy atom. The Kier molecular flexibility index (Phi) is 3.92. The molecule has 0 atom stereocenters. The van der Waals surface area contributed by atoms with Crippen LogP contribution in [0.3, 0.4) is 0 Å². The number of hydrogen-bond donors (Lipinski definition) is 1. The molecular formula is C7H9NO2. The van der Waals surface area contributed by atoms with Crippen LogP contribution >= 0.6 is 0 Å². The van der Waals surface area contributed by atoms with E-state index in [1.54, 1.807) is 0 Å². The summed E-state index contributed by atoms with van der Waals surface area (Å²) in [6.45, 7) is 3.88. The fourth-order valence-electron chi connectivity index (χ4n) is 0.557. The van der Waals surface area contributed by atoms with Crippen LogP contribution in [0.4, 0.5) is 0 Å². The highest BCUT2D eigenvalue weighted by atomic mass is 16.3. The maximum Gasteiger partial charge on any atom is 0.231 e. The normalized spacial score (nSPS) is 7.40. The highest BCUT2D eigenvalue weighted by Gasteiger charge is 1.85. The Morgan fingerprint density at radius 3 is 1.80 bits per heavy atom. The maximum atomic E-state index is 8.35. The van der Waals surface area contributed by atoms with Gasteiger partial charge in [-0.2, -0.15) is 0 Å². The molecule has 0 saturated carbocycles. The van der Waals surface area contributed by atoms with Gasteiger partial charge in [0.25, 0.3) is 0 Å². The number of isocyanates is 1. The van der Waals surface area contributed by atoms with Gasteiger partial charge in [0.2, 0.25) is 6.08 Å². The van der Waals surface area contributed by atoms with Gasteiger partial charge in [-0.15, -0.1) is 0 Å². The Morgan fingerprint density at radius 1 is 1.40 bits per heavy atom. The van der Waals surface area contributed by atoms with E-state index in [4.69, 9.17) is 14.6 Å². The fourth-order valence-corrected chi connectivity index (χ4v) is 0.557. The molecule has 3 heteroatoms. The first-order valence-corrected chi connectivity index (χ1v) is 2.77. The summed E-state index contributed by atoms with van der Waals surface area (Å²) in [5.41, 5.74) is 0.